The maximum Gasteiger partial charge on any atom is 0.272 e. The molecule has 3 aromatic rings. The number of benzene rings is 2. The van der Waals surface area contributed by atoms with Crippen LogP contribution in [0.2, 0.25) is 0 Å². The van der Waals surface area contributed by atoms with Gasteiger partial charge < -0.3 is 5.32 Å². The van der Waals surface area contributed by atoms with Crippen LogP contribution in [0.1, 0.15) is 57.2 Å². The lowest BCUT2D eigenvalue weighted by atomic mass is 9.97. The van der Waals surface area contributed by atoms with Gasteiger partial charge in [-0.25, -0.2) is 5.10 Å². The average Bonchev–Trinajstić information content (AvgIpc) is 2.76. The zero-order valence-electron chi connectivity index (χ0n) is 17.9. The van der Waals surface area contributed by atoms with Crippen LogP contribution in [0.15, 0.2) is 53.3 Å². The summed E-state index contributed by atoms with van der Waals surface area (Å²) < 4.78 is 0. The van der Waals surface area contributed by atoms with Crippen LogP contribution in [0, 0.1) is 5.92 Å². The van der Waals surface area contributed by atoms with Crippen LogP contribution in [-0.2, 0) is 17.6 Å². The molecule has 5 nitrogen and oxygen atoms in total. The number of fused-ring (bicyclic) bond motifs is 1. The quantitative estimate of drug-likeness (QED) is 0.483. The Hall–Kier alpha value is -2.95. The minimum Gasteiger partial charge on any atom is -0.326 e. The molecule has 1 aromatic heterocycles. The zero-order chi connectivity index (χ0) is 21.3. The summed E-state index contributed by atoms with van der Waals surface area (Å²) in [4.78, 5) is 25.0. The molecule has 3 rings (SSSR count). The predicted octanol–water partition coefficient (Wildman–Crippen LogP) is 5.25. The fourth-order valence-electron chi connectivity index (χ4n) is 3.94. The molecule has 2 aromatic carbocycles. The van der Waals surface area contributed by atoms with E-state index in [1.54, 1.807) is 6.07 Å². The zero-order valence-corrected chi connectivity index (χ0v) is 17.9. The fourth-order valence-corrected chi connectivity index (χ4v) is 3.94. The first-order valence-electron chi connectivity index (χ1n) is 11.0. The second-order valence-corrected chi connectivity index (χ2v) is 7.86. The molecule has 0 saturated heterocycles. The molecule has 0 saturated carbocycles. The molecular weight excluding hydrogens is 374 g/mol. The lowest BCUT2D eigenvalue weighted by Gasteiger charge is -2.15. The van der Waals surface area contributed by atoms with Gasteiger partial charge >= 0.3 is 0 Å². The number of H-pyrrole nitrogens is 1. The van der Waals surface area contributed by atoms with Gasteiger partial charge in [0.2, 0.25) is 5.91 Å². The van der Waals surface area contributed by atoms with Crippen LogP contribution in [0.5, 0.6) is 0 Å². The number of aromatic nitrogens is 2. The second-order valence-electron chi connectivity index (χ2n) is 7.86. The first-order valence-corrected chi connectivity index (χ1v) is 11.0. The van der Waals surface area contributed by atoms with E-state index in [1.165, 1.54) is 5.56 Å². The number of anilines is 1. The smallest absolute Gasteiger partial charge is 0.272 e. The van der Waals surface area contributed by atoms with E-state index in [2.05, 4.69) is 41.5 Å². The van der Waals surface area contributed by atoms with Gasteiger partial charge in [0.25, 0.3) is 5.56 Å². The van der Waals surface area contributed by atoms with E-state index in [1.807, 2.05) is 30.3 Å². The Morgan fingerprint density at radius 2 is 1.73 bits per heavy atom. The molecule has 158 valence electrons. The molecule has 0 bridgehead atoms. The summed E-state index contributed by atoms with van der Waals surface area (Å²) in [6.45, 7) is 4.19. The van der Waals surface area contributed by atoms with Crippen molar-refractivity contribution in [3.8, 4) is 0 Å². The Morgan fingerprint density at radius 1 is 1.00 bits per heavy atom. The third kappa shape index (κ3) is 5.56. The number of aryl methyl sites for hydroxylation is 2. The van der Waals surface area contributed by atoms with Crippen LogP contribution in [0.3, 0.4) is 0 Å². The van der Waals surface area contributed by atoms with Gasteiger partial charge in [0.15, 0.2) is 0 Å². The third-order valence-electron chi connectivity index (χ3n) is 5.50. The standard InChI is InChI=1S/C25H31N3O2/c1-3-9-19(10-4-2)24(29)26-20-15-16-21-22(17-20)25(30)28-27-23(21)14-8-13-18-11-6-5-7-12-18/h5-7,11-12,15-17,19H,3-4,8-10,13-14H2,1-2H3,(H,26,29)(H,28,30). The van der Waals surface area contributed by atoms with Crippen molar-refractivity contribution in [1.29, 1.82) is 0 Å². The van der Waals surface area contributed by atoms with Crippen LogP contribution >= 0.6 is 0 Å². The normalized spacial score (nSPS) is 11.2. The third-order valence-corrected chi connectivity index (χ3v) is 5.50. The van der Waals surface area contributed by atoms with Gasteiger partial charge in [0, 0.05) is 17.0 Å². The molecular formula is C25H31N3O2. The number of rotatable bonds is 10. The van der Waals surface area contributed by atoms with Crippen molar-refractivity contribution < 1.29 is 4.79 Å². The summed E-state index contributed by atoms with van der Waals surface area (Å²) in [6, 6.07) is 15.9. The van der Waals surface area contributed by atoms with Crippen molar-refractivity contribution in [2.24, 2.45) is 5.92 Å². The Morgan fingerprint density at radius 3 is 2.43 bits per heavy atom. The van der Waals surface area contributed by atoms with E-state index in [0.717, 1.165) is 56.0 Å². The Labute approximate surface area is 177 Å². The number of carbonyl (C=O) groups is 1. The predicted molar refractivity (Wildman–Crippen MR) is 123 cm³/mol. The number of nitrogens with zero attached hydrogens (tertiary/aromatic N) is 1. The van der Waals surface area contributed by atoms with Crippen LogP contribution in [-0.4, -0.2) is 16.1 Å². The molecule has 0 radical (unpaired) electrons. The number of amides is 1. The number of nitrogens with one attached hydrogen (secondary N) is 2. The molecule has 0 aliphatic rings. The molecule has 0 aliphatic heterocycles. The van der Waals surface area contributed by atoms with Crippen molar-refractivity contribution in [2.45, 2.75) is 58.8 Å². The summed E-state index contributed by atoms with van der Waals surface area (Å²) in [6.07, 6.45) is 6.41. The Balaban J connectivity index is 1.75. The molecule has 2 N–H and O–H groups in total. The highest BCUT2D eigenvalue weighted by Crippen LogP contribution is 2.22. The Bertz CT molecular complexity index is 1020. The van der Waals surface area contributed by atoms with E-state index < -0.39 is 0 Å². The largest absolute Gasteiger partial charge is 0.326 e. The maximum atomic E-state index is 12.6. The molecule has 0 spiro atoms. The van der Waals surface area contributed by atoms with Crippen LogP contribution < -0.4 is 10.9 Å². The fraction of sp³-hybridized carbons (Fsp3) is 0.400. The van der Waals surface area contributed by atoms with E-state index in [9.17, 15) is 9.59 Å². The van der Waals surface area contributed by atoms with Gasteiger partial charge in [-0.15, -0.1) is 0 Å². The number of carbonyl (C=O) groups excluding carboxylic acids is 1. The highest BCUT2D eigenvalue weighted by molar-refractivity contribution is 5.95. The number of hydrogen-bond donors (Lipinski definition) is 2. The molecule has 0 atom stereocenters. The molecule has 0 fully saturated rings. The SMILES string of the molecule is CCCC(CCC)C(=O)Nc1ccc2c(CCCc3ccccc3)n[nH]c(=O)c2c1. The van der Waals surface area contributed by atoms with Crippen molar-refractivity contribution in [3.63, 3.8) is 0 Å². The molecule has 1 heterocycles. The lowest BCUT2D eigenvalue weighted by molar-refractivity contribution is -0.120. The monoisotopic (exact) mass is 405 g/mol. The maximum absolute atomic E-state index is 12.6. The van der Waals surface area contributed by atoms with Gasteiger partial charge in [-0.3, -0.25) is 9.59 Å². The number of hydrogen-bond acceptors (Lipinski definition) is 3. The van der Waals surface area contributed by atoms with E-state index in [0.29, 0.717) is 11.1 Å². The summed E-state index contributed by atoms with van der Waals surface area (Å²) in [5, 5.41) is 11.3. The summed E-state index contributed by atoms with van der Waals surface area (Å²) in [5.41, 5.74) is 2.61. The topological polar surface area (TPSA) is 74.8 Å². The average molecular weight is 406 g/mol. The van der Waals surface area contributed by atoms with Gasteiger partial charge in [-0.05, 0) is 49.8 Å². The molecule has 5 heteroatoms. The van der Waals surface area contributed by atoms with E-state index in [-0.39, 0.29) is 17.4 Å². The van der Waals surface area contributed by atoms with Gasteiger partial charge in [0.05, 0.1) is 11.1 Å². The van der Waals surface area contributed by atoms with Crippen LogP contribution in [0.25, 0.3) is 10.8 Å². The minimum atomic E-state index is -0.230. The minimum absolute atomic E-state index is 0.0139. The first kappa shape index (κ1) is 21.8. The van der Waals surface area contributed by atoms with Crippen molar-refractivity contribution in [1.82, 2.24) is 10.2 Å². The van der Waals surface area contributed by atoms with E-state index in [4.69, 9.17) is 0 Å². The van der Waals surface area contributed by atoms with Crippen molar-refractivity contribution >= 4 is 22.4 Å². The Kier molecular flexibility index (Phi) is 7.77. The lowest BCUT2D eigenvalue weighted by Crippen LogP contribution is -2.23. The molecule has 0 aliphatic carbocycles. The van der Waals surface area contributed by atoms with Crippen molar-refractivity contribution in [2.75, 3.05) is 5.32 Å². The second kappa shape index (κ2) is 10.7. The summed E-state index contributed by atoms with van der Waals surface area (Å²) in [7, 11) is 0. The first-order chi connectivity index (χ1) is 14.6. The molecule has 0 unspecified atom stereocenters. The molecule has 1 amide bonds. The van der Waals surface area contributed by atoms with Crippen LogP contribution in [0.4, 0.5) is 5.69 Å². The number of aromatic amines is 1. The molecule has 30 heavy (non-hydrogen) atoms. The summed E-state index contributed by atoms with van der Waals surface area (Å²) >= 11 is 0. The van der Waals surface area contributed by atoms with Gasteiger partial charge in [-0.2, -0.15) is 5.10 Å². The van der Waals surface area contributed by atoms with E-state index >= 15 is 0 Å². The van der Waals surface area contributed by atoms with Gasteiger partial charge in [-0.1, -0.05) is 63.1 Å². The summed E-state index contributed by atoms with van der Waals surface area (Å²) in [5.74, 6) is 0.0478. The van der Waals surface area contributed by atoms with Crippen molar-refractivity contribution in [3.05, 3.63) is 70.1 Å². The highest BCUT2D eigenvalue weighted by Gasteiger charge is 2.17. The highest BCUT2D eigenvalue weighted by atomic mass is 16.2. The van der Waals surface area contributed by atoms with Gasteiger partial charge in [0.1, 0.15) is 0 Å².